The zero-order valence-corrected chi connectivity index (χ0v) is 10.2. The van der Waals surface area contributed by atoms with Gasteiger partial charge in [0.05, 0.1) is 11.1 Å². The summed E-state index contributed by atoms with van der Waals surface area (Å²) in [5, 5.41) is 11.6. The van der Waals surface area contributed by atoms with Gasteiger partial charge in [-0.25, -0.2) is 4.79 Å². The smallest absolute Gasteiger partial charge is 0.327 e. The summed E-state index contributed by atoms with van der Waals surface area (Å²) in [6.45, 7) is -0.0841. The van der Waals surface area contributed by atoms with Crippen LogP contribution in [0.5, 0.6) is 0 Å². The summed E-state index contributed by atoms with van der Waals surface area (Å²) in [7, 11) is 1.40. The molecule has 2 rings (SSSR count). The number of imide groups is 1. The standard InChI is InChI=1S/C12H13N3O4/c1-15-10(16)7-3-2-6(4-8(7)11(15)17)14-9(5-13)12(18)19/h2-4,9,14H,5,13H2,1H3,(H,18,19). The fourth-order valence-electron chi connectivity index (χ4n) is 1.87. The van der Waals surface area contributed by atoms with Crippen molar-refractivity contribution >= 4 is 23.5 Å². The van der Waals surface area contributed by atoms with Crippen LogP contribution in [0.2, 0.25) is 0 Å². The molecule has 2 amide bonds. The van der Waals surface area contributed by atoms with Crippen LogP contribution in [0.25, 0.3) is 0 Å². The van der Waals surface area contributed by atoms with Gasteiger partial charge in [0.2, 0.25) is 0 Å². The first-order valence-electron chi connectivity index (χ1n) is 5.61. The lowest BCUT2D eigenvalue weighted by molar-refractivity contribution is -0.137. The molecular formula is C12H13N3O4. The molecule has 1 heterocycles. The molecule has 0 saturated carbocycles. The second-order valence-corrected chi connectivity index (χ2v) is 4.20. The zero-order chi connectivity index (χ0) is 14.2. The number of carbonyl (C=O) groups excluding carboxylic acids is 2. The number of nitrogens with one attached hydrogen (secondary N) is 1. The van der Waals surface area contributed by atoms with Gasteiger partial charge in [-0.2, -0.15) is 0 Å². The third-order valence-corrected chi connectivity index (χ3v) is 2.96. The van der Waals surface area contributed by atoms with E-state index in [1.165, 1.54) is 19.2 Å². The van der Waals surface area contributed by atoms with Crippen LogP contribution in [0.3, 0.4) is 0 Å². The summed E-state index contributed by atoms with van der Waals surface area (Å²) in [6, 6.07) is 3.57. The van der Waals surface area contributed by atoms with Gasteiger partial charge in [-0.15, -0.1) is 0 Å². The monoisotopic (exact) mass is 263 g/mol. The Bertz CT molecular complexity index is 570. The van der Waals surface area contributed by atoms with E-state index in [1.807, 2.05) is 0 Å². The van der Waals surface area contributed by atoms with Crippen LogP contribution in [-0.2, 0) is 4.79 Å². The van der Waals surface area contributed by atoms with E-state index >= 15 is 0 Å². The van der Waals surface area contributed by atoms with E-state index in [0.717, 1.165) is 4.90 Å². The van der Waals surface area contributed by atoms with Gasteiger partial charge in [0.25, 0.3) is 11.8 Å². The summed E-state index contributed by atoms with van der Waals surface area (Å²) in [5.41, 5.74) is 6.35. The second kappa shape index (κ2) is 4.69. The average molecular weight is 263 g/mol. The van der Waals surface area contributed by atoms with Crippen molar-refractivity contribution in [1.29, 1.82) is 0 Å². The molecule has 0 spiro atoms. The first-order chi connectivity index (χ1) is 8.95. The van der Waals surface area contributed by atoms with Crippen LogP contribution in [0.15, 0.2) is 18.2 Å². The molecule has 19 heavy (non-hydrogen) atoms. The molecule has 0 fully saturated rings. The number of hydrogen-bond donors (Lipinski definition) is 3. The normalized spacial score (nSPS) is 15.4. The average Bonchev–Trinajstić information content (AvgIpc) is 2.61. The molecular weight excluding hydrogens is 250 g/mol. The number of rotatable bonds is 4. The number of carbonyl (C=O) groups is 3. The van der Waals surface area contributed by atoms with E-state index in [4.69, 9.17) is 10.8 Å². The van der Waals surface area contributed by atoms with E-state index in [-0.39, 0.29) is 18.0 Å². The van der Waals surface area contributed by atoms with Crippen LogP contribution < -0.4 is 11.1 Å². The number of anilines is 1. The highest BCUT2D eigenvalue weighted by atomic mass is 16.4. The minimum atomic E-state index is -1.08. The van der Waals surface area contributed by atoms with Gasteiger partial charge in [-0.1, -0.05) is 0 Å². The highest BCUT2D eigenvalue weighted by Crippen LogP contribution is 2.24. The third kappa shape index (κ3) is 2.15. The predicted molar refractivity (Wildman–Crippen MR) is 67.0 cm³/mol. The molecule has 7 nitrogen and oxygen atoms in total. The number of hydrogen-bond acceptors (Lipinski definition) is 5. The summed E-state index contributed by atoms with van der Waals surface area (Å²) < 4.78 is 0. The van der Waals surface area contributed by atoms with Crippen molar-refractivity contribution in [2.75, 3.05) is 18.9 Å². The first kappa shape index (κ1) is 13.0. The maximum absolute atomic E-state index is 11.8. The van der Waals surface area contributed by atoms with Gasteiger partial charge < -0.3 is 16.2 Å². The van der Waals surface area contributed by atoms with Crippen LogP contribution in [0.4, 0.5) is 5.69 Å². The first-order valence-corrected chi connectivity index (χ1v) is 5.61. The minimum Gasteiger partial charge on any atom is -0.480 e. The highest BCUT2D eigenvalue weighted by Gasteiger charge is 2.32. The Kier molecular flexibility index (Phi) is 3.22. The van der Waals surface area contributed by atoms with Crippen LogP contribution in [0, 0.1) is 0 Å². The third-order valence-electron chi connectivity index (χ3n) is 2.96. The Labute approximate surface area is 109 Å². The maximum Gasteiger partial charge on any atom is 0.327 e. The number of carboxylic acid groups (broad SMARTS) is 1. The fraction of sp³-hybridized carbons (Fsp3) is 0.250. The van der Waals surface area contributed by atoms with Crippen LogP contribution >= 0.6 is 0 Å². The topological polar surface area (TPSA) is 113 Å². The Hall–Kier alpha value is -2.41. The summed E-state index contributed by atoms with van der Waals surface area (Å²) in [6.07, 6.45) is 0. The SMILES string of the molecule is CN1C(=O)c2ccc(NC(CN)C(=O)O)cc2C1=O. The number of nitrogens with zero attached hydrogens (tertiary/aromatic N) is 1. The van der Waals surface area contributed by atoms with Crippen LogP contribution in [-0.4, -0.2) is 47.4 Å². The largest absolute Gasteiger partial charge is 0.480 e. The molecule has 0 aliphatic carbocycles. The van der Waals surface area contributed by atoms with Crippen LogP contribution in [0.1, 0.15) is 20.7 Å². The second-order valence-electron chi connectivity index (χ2n) is 4.20. The lowest BCUT2D eigenvalue weighted by atomic mass is 10.1. The van der Waals surface area contributed by atoms with Crippen molar-refractivity contribution in [3.63, 3.8) is 0 Å². The molecule has 0 aromatic heterocycles. The van der Waals surface area contributed by atoms with Gasteiger partial charge in [0.1, 0.15) is 6.04 Å². The lowest BCUT2D eigenvalue weighted by Crippen LogP contribution is -2.36. The Morgan fingerprint density at radius 3 is 2.58 bits per heavy atom. The van der Waals surface area contributed by atoms with Gasteiger partial charge in [-0.3, -0.25) is 14.5 Å². The van der Waals surface area contributed by atoms with Crippen molar-refractivity contribution in [2.24, 2.45) is 5.73 Å². The molecule has 0 saturated heterocycles. The molecule has 0 radical (unpaired) electrons. The maximum atomic E-state index is 11.8. The number of carboxylic acids is 1. The minimum absolute atomic E-state index is 0.0841. The van der Waals surface area contributed by atoms with E-state index in [0.29, 0.717) is 11.3 Å². The fourth-order valence-corrected chi connectivity index (χ4v) is 1.87. The Balaban J connectivity index is 2.31. The number of amides is 2. The highest BCUT2D eigenvalue weighted by molar-refractivity contribution is 6.21. The number of aliphatic carboxylic acids is 1. The van der Waals surface area contributed by atoms with Crippen molar-refractivity contribution in [3.8, 4) is 0 Å². The van der Waals surface area contributed by atoms with Gasteiger partial charge in [-0.05, 0) is 18.2 Å². The predicted octanol–water partition coefficient (Wildman–Crippen LogP) is -0.264. The molecule has 4 N–H and O–H groups in total. The summed E-state index contributed by atoms with van der Waals surface area (Å²) >= 11 is 0. The molecule has 1 aromatic carbocycles. The van der Waals surface area contributed by atoms with E-state index in [1.54, 1.807) is 6.07 Å². The molecule has 7 heteroatoms. The lowest BCUT2D eigenvalue weighted by Gasteiger charge is -2.13. The Morgan fingerprint density at radius 1 is 1.37 bits per heavy atom. The molecule has 100 valence electrons. The van der Waals surface area contributed by atoms with E-state index in [9.17, 15) is 14.4 Å². The number of benzene rings is 1. The van der Waals surface area contributed by atoms with E-state index < -0.39 is 17.9 Å². The number of fused-ring (bicyclic) bond motifs is 1. The van der Waals surface area contributed by atoms with Gasteiger partial charge in [0, 0.05) is 19.3 Å². The van der Waals surface area contributed by atoms with Crippen molar-refractivity contribution in [2.45, 2.75) is 6.04 Å². The molecule has 1 aliphatic heterocycles. The molecule has 0 bridgehead atoms. The summed E-state index contributed by atoms with van der Waals surface area (Å²) in [5.74, 6) is -1.84. The zero-order valence-electron chi connectivity index (χ0n) is 10.2. The van der Waals surface area contributed by atoms with Gasteiger partial charge >= 0.3 is 5.97 Å². The molecule has 1 aliphatic rings. The molecule has 1 unspecified atom stereocenters. The summed E-state index contributed by atoms with van der Waals surface area (Å²) in [4.78, 5) is 35.3. The van der Waals surface area contributed by atoms with Crippen molar-refractivity contribution < 1.29 is 19.5 Å². The number of nitrogens with two attached hydrogens (primary N) is 1. The van der Waals surface area contributed by atoms with E-state index in [2.05, 4.69) is 5.32 Å². The molecule has 1 aromatic rings. The quantitative estimate of drug-likeness (QED) is 0.645. The van der Waals surface area contributed by atoms with Crippen molar-refractivity contribution in [3.05, 3.63) is 29.3 Å². The van der Waals surface area contributed by atoms with Gasteiger partial charge in [0.15, 0.2) is 0 Å². The molecule has 1 atom stereocenters. The van der Waals surface area contributed by atoms with Crippen molar-refractivity contribution in [1.82, 2.24) is 4.90 Å². The Morgan fingerprint density at radius 2 is 2.00 bits per heavy atom.